The molecule has 28 heavy (non-hydrogen) atoms. The second kappa shape index (κ2) is 8.33. The minimum absolute atomic E-state index is 0.257. The lowest BCUT2D eigenvalue weighted by atomic mass is 10.0. The van der Waals surface area contributed by atoms with Gasteiger partial charge in [0, 0.05) is 24.8 Å². The van der Waals surface area contributed by atoms with E-state index in [1.807, 2.05) is 27.0 Å². The molecule has 0 aliphatic rings. The highest BCUT2D eigenvalue weighted by molar-refractivity contribution is 5.91. The van der Waals surface area contributed by atoms with Crippen LogP contribution in [0.15, 0.2) is 40.9 Å². The molecule has 0 bridgehead atoms. The Morgan fingerprint density at radius 1 is 1.25 bits per heavy atom. The molecule has 2 heterocycles. The zero-order valence-electron chi connectivity index (χ0n) is 17.1. The number of hydrogen-bond donors (Lipinski definition) is 1. The van der Waals surface area contributed by atoms with Crippen molar-refractivity contribution in [1.29, 1.82) is 0 Å². The third kappa shape index (κ3) is 4.44. The van der Waals surface area contributed by atoms with E-state index in [1.165, 1.54) is 0 Å². The van der Waals surface area contributed by atoms with Gasteiger partial charge in [0.2, 0.25) is 0 Å². The maximum absolute atomic E-state index is 12.3. The quantitative estimate of drug-likeness (QED) is 0.664. The van der Waals surface area contributed by atoms with Crippen LogP contribution >= 0.6 is 0 Å². The van der Waals surface area contributed by atoms with Crippen molar-refractivity contribution < 1.29 is 13.9 Å². The van der Waals surface area contributed by atoms with E-state index in [2.05, 4.69) is 36.4 Å². The number of furan rings is 1. The summed E-state index contributed by atoms with van der Waals surface area (Å²) < 4.78 is 13.4. The Labute approximate surface area is 165 Å². The van der Waals surface area contributed by atoms with Gasteiger partial charge in [-0.2, -0.15) is 5.10 Å². The summed E-state index contributed by atoms with van der Waals surface area (Å²) in [7, 11) is 1.87. The standard InChI is InChI=1S/C22H27N3O3/c1-14(2)19-8-6-15(3)10-21(19)27-13-18-7-9-20(28-18)22(26)23-11-17-12-24-25(5)16(17)4/h6-10,12,14H,11,13H2,1-5H3,(H,23,26). The highest BCUT2D eigenvalue weighted by atomic mass is 16.5. The molecular formula is C22H27N3O3. The summed E-state index contributed by atoms with van der Waals surface area (Å²) in [4.78, 5) is 12.3. The summed E-state index contributed by atoms with van der Waals surface area (Å²) in [5.74, 6) is 1.84. The molecule has 0 saturated carbocycles. The molecule has 0 fully saturated rings. The molecule has 148 valence electrons. The molecular weight excluding hydrogens is 354 g/mol. The van der Waals surface area contributed by atoms with Crippen LogP contribution in [0.1, 0.15) is 58.5 Å². The number of hydrogen-bond acceptors (Lipinski definition) is 4. The van der Waals surface area contributed by atoms with Gasteiger partial charge in [-0.05, 0) is 49.1 Å². The molecule has 0 radical (unpaired) electrons. The zero-order chi connectivity index (χ0) is 20.3. The number of nitrogens with zero attached hydrogens (tertiary/aromatic N) is 2. The molecule has 0 saturated heterocycles. The molecule has 0 spiro atoms. The van der Waals surface area contributed by atoms with E-state index in [0.29, 0.717) is 18.2 Å². The van der Waals surface area contributed by atoms with Crippen LogP contribution in [-0.2, 0) is 20.2 Å². The summed E-state index contributed by atoms with van der Waals surface area (Å²) >= 11 is 0. The van der Waals surface area contributed by atoms with Gasteiger partial charge < -0.3 is 14.5 Å². The maximum atomic E-state index is 12.3. The van der Waals surface area contributed by atoms with Crippen molar-refractivity contribution in [2.45, 2.75) is 46.8 Å². The minimum Gasteiger partial charge on any atom is -0.485 e. The molecule has 0 aliphatic carbocycles. The van der Waals surface area contributed by atoms with Crippen molar-refractivity contribution in [1.82, 2.24) is 15.1 Å². The van der Waals surface area contributed by atoms with Crippen LogP contribution in [0.4, 0.5) is 0 Å². The molecule has 3 rings (SSSR count). The second-order valence-electron chi connectivity index (χ2n) is 7.31. The fraction of sp³-hybridized carbons (Fsp3) is 0.364. The molecule has 6 heteroatoms. The zero-order valence-corrected chi connectivity index (χ0v) is 17.1. The summed E-state index contributed by atoms with van der Waals surface area (Å²) in [6, 6.07) is 9.65. The molecule has 0 unspecified atom stereocenters. The van der Waals surface area contributed by atoms with E-state index in [9.17, 15) is 4.79 Å². The fourth-order valence-electron chi connectivity index (χ4n) is 2.95. The Morgan fingerprint density at radius 3 is 2.71 bits per heavy atom. The number of amides is 1. The van der Waals surface area contributed by atoms with E-state index in [-0.39, 0.29) is 18.3 Å². The van der Waals surface area contributed by atoms with E-state index in [1.54, 1.807) is 23.0 Å². The molecule has 1 amide bonds. The van der Waals surface area contributed by atoms with Crippen molar-refractivity contribution >= 4 is 5.91 Å². The molecule has 1 aromatic carbocycles. The van der Waals surface area contributed by atoms with Gasteiger partial charge in [-0.3, -0.25) is 9.48 Å². The van der Waals surface area contributed by atoms with Crippen LogP contribution in [0, 0.1) is 13.8 Å². The van der Waals surface area contributed by atoms with Crippen molar-refractivity contribution in [3.05, 3.63) is 70.4 Å². The first-order valence-corrected chi connectivity index (χ1v) is 9.43. The normalized spacial score (nSPS) is 11.1. The van der Waals surface area contributed by atoms with Gasteiger partial charge in [-0.15, -0.1) is 0 Å². The third-order valence-corrected chi connectivity index (χ3v) is 4.82. The summed E-state index contributed by atoms with van der Waals surface area (Å²) in [5.41, 5.74) is 4.30. The van der Waals surface area contributed by atoms with Crippen molar-refractivity contribution in [3.63, 3.8) is 0 Å². The first kappa shape index (κ1) is 19.7. The number of aromatic nitrogens is 2. The maximum Gasteiger partial charge on any atom is 0.287 e. The molecule has 1 N–H and O–H groups in total. The predicted octanol–water partition coefficient (Wildman–Crippen LogP) is 4.26. The Balaban J connectivity index is 1.60. The average Bonchev–Trinajstić information content (AvgIpc) is 3.26. The van der Waals surface area contributed by atoms with Crippen LogP contribution in [0.5, 0.6) is 5.75 Å². The summed E-state index contributed by atoms with van der Waals surface area (Å²) in [6.45, 7) is 8.96. The van der Waals surface area contributed by atoms with E-state index in [4.69, 9.17) is 9.15 Å². The Hall–Kier alpha value is -3.02. The van der Waals surface area contributed by atoms with Crippen LogP contribution < -0.4 is 10.1 Å². The number of carbonyl (C=O) groups excluding carboxylic acids is 1. The topological polar surface area (TPSA) is 69.3 Å². The lowest BCUT2D eigenvalue weighted by Crippen LogP contribution is -2.22. The smallest absolute Gasteiger partial charge is 0.287 e. The highest BCUT2D eigenvalue weighted by Crippen LogP contribution is 2.28. The van der Waals surface area contributed by atoms with Crippen molar-refractivity contribution in [2.75, 3.05) is 0 Å². The third-order valence-electron chi connectivity index (χ3n) is 4.82. The van der Waals surface area contributed by atoms with E-state index >= 15 is 0 Å². The summed E-state index contributed by atoms with van der Waals surface area (Å²) in [6.07, 6.45) is 1.76. The van der Waals surface area contributed by atoms with Crippen LogP contribution in [-0.4, -0.2) is 15.7 Å². The molecule has 0 atom stereocenters. The van der Waals surface area contributed by atoms with Gasteiger partial charge in [-0.1, -0.05) is 26.0 Å². The second-order valence-corrected chi connectivity index (χ2v) is 7.31. The molecule has 2 aromatic heterocycles. The number of benzene rings is 1. The number of rotatable bonds is 7. The van der Waals surface area contributed by atoms with E-state index in [0.717, 1.165) is 28.1 Å². The van der Waals surface area contributed by atoms with E-state index < -0.39 is 0 Å². The lowest BCUT2D eigenvalue weighted by Gasteiger charge is -2.14. The number of nitrogens with one attached hydrogen (secondary N) is 1. The Bertz CT molecular complexity index is 969. The fourth-order valence-corrected chi connectivity index (χ4v) is 2.95. The number of carbonyl (C=O) groups is 1. The van der Waals surface area contributed by atoms with Crippen molar-refractivity contribution in [2.24, 2.45) is 7.05 Å². The average molecular weight is 381 g/mol. The minimum atomic E-state index is -0.257. The monoisotopic (exact) mass is 381 g/mol. The predicted molar refractivity (Wildman–Crippen MR) is 107 cm³/mol. The van der Waals surface area contributed by atoms with Gasteiger partial charge in [-0.25, -0.2) is 0 Å². The molecule has 0 aliphatic heterocycles. The first-order chi connectivity index (χ1) is 13.3. The lowest BCUT2D eigenvalue weighted by molar-refractivity contribution is 0.0919. The Kier molecular flexibility index (Phi) is 5.87. The van der Waals surface area contributed by atoms with Crippen LogP contribution in [0.2, 0.25) is 0 Å². The number of aryl methyl sites for hydroxylation is 2. The largest absolute Gasteiger partial charge is 0.485 e. The SMILES string of the molecule is Cc1ccc(C(C)C)c(OCc2ccc(C(=O)NCc3cnn(C)c3C)o2)c1. The number of ether oxygens (including phenoxy) is 1. The van der Waals surface area contributed by atoms with Gasteiger partial charge >= 0.3 is 0 Å². The molecule has 3 aromatic rings. The molecule has 6 nitrogen and oxygen atoms in total. The first-order valence-electron chi connectivity index (χ1n) is 9.43. The van der Waals surface area contributed by atoms with Crippen LogP contribution in [0.25, 0.3) is 0 Å². The van der Waals surface area contributed by atoms with Gasteiger partial charge in [0.05, 0.1) is 6.20 Å². The highest BCUT2D eigenvalue weighted by Gasteiger charge is 2.14. The van der Waals surface area contributed by atoms with Gasteiger partial charge in [0.15, 0.2) is 5.76 Å². The summed E-state index contributed by atoms with van der Waals surface area (Å²) in [5, 5.41) is 7.04. The van der Waals surface area contributed by atoms with Crippen LogP contribution in [0.3, 0.4) is 0 Å². The van der Waals surface area contributed by atoms with Crippen molar-refractivity contribution in [3.8, 4) is 5.75 Å². The van der Waals surface area contributed by atoms with Gasteiger partial charge in [0.1, 0.15) is 18.1 Å². The van der Waals surface area contributed by atoms with Gasteiger partial charge in [0.25, 0.3) is 5.91 Å². The Morgan fingerprint density at radius 2 is 2.04 bits per heavy atom.